The number of hydrogen-bond donors (Lipinski definition) is 3. The zero-order chi connectivity index (χ0) is 23.9. The van der Waals surface area contributed by atoms with Crippen LogP contribution in [0, 0.1) is 0 Å². The highest BCUT2D eigenvalue weighted by atomic mass is 35.5. The second-order valence-corrected chi connectivity index (χ2v) is 9.47. The minimum absolute atomic E-state index is 0.0933. The number of nitrogens with one attached hydrogen (secondary N) is 1. The first-order valence-electron chi connectivity index (χ1n) is 10.9. The molecular formula is C24H24Cl2N6O2. The number of hydrogen-bond acceptors (Lipinski definition) is 7. The van der Waals surface area contributed by atoms with E-state index in [1.807, 2.05) is 37.3 Å². The van der Waals surface area contributed by atoms with Gasteiger partial charge in [0.1, 0.15) is 23.4 Å². The summed E-state index contributed by atoms with van der Waals surface area (Å²) in [5.41, 5.74) is 9.14. The van der Waals surface area contributed by atoms with Crippen LogP contribution in [0.4, 0.5) is 5.82 Å². The van der Waals surface area contributed by atoms with Crippen molar-refractivity contribution in [3.63, 3.8) is 0 Å². The number of aliphatic hydroxyl groups is 1. The number of aromatic nitrogens is 4. The summed E-state index contributed by atoms with van der Waals surface area (Å²) in [6, 6.07) is 9.69. The Labute approximate surface area is 206 Å². The fraction of sp³-hybridized carbons (Fsp3) is 0.292. The number of H-pyrrole nitrogens is 1. The molecule has 34 heavy (non-hydrogen) atoms. The van der Waals surface area contributed by atoms with E-state index in [0.717, 1.165) is 28.0 Å². The van der Waals surface area contributed by atoms with Crippen molar-refractivity contribution in [3.05, 3.63) is 64.5 Å². The average Bonchev–Trinajstić information content (AvgIpc) is 3.21. The summed E-state index contributed by atoms with van der Waals surface area (Å²) in [6.45, 7) is 3.34. The number of anilines is 1. The number of pyridine rings is 2. The fourth-order valence-corrected chi connectivity index (χ4v) is 5.00. The van der Waals surface area contributed by atoms with Crippen molar-refractivity contribution in [1.82, 2.24) is 20.2 Å². The molecule has 3 aromatic heterocycles. The summed E-state index contributed by atoms with van der Waals surface area (Å²) in [6.07, 6.45) is 5.13. The summed E-state index contributed by atoms with van der Waals surface area (Å²) in [7, 11) is 0. The minimum atomic E-state index is -0.367. The third-order valence-electron chi connectivity index (χ3n) is 6.11. The number of rotatable bonds is 7. The van der Waals surface area contributed by atoms with Gasteiger partial charge in [-0.25, -0.2) is 4.98 Å². The van der Waals surface area contributed by atoms with Crippen LogP contribution >= 0.6 is 23.2 Å². The Hall–Kier alpha value is -2.91. The van der Waals surface area contributed by atoms with Gasteiger partial charge in [-0.3, -0.25) is 10.1 Å². The number of nitrogens with zero attached hydrogens (tertiary/aromatic N) is 4. The van der Waals surface area contributed by atoms with Crippen molar-refractivity contribution in [1.29, 1.82) is 0 Å². The fourth-order valence-electron chi connectivity index (χ4n) is 4.33. The molecule has 8 nitrogen and oxygen atoms in total. The van der Waals surface area contributed by atoms with Crippen LogP contribution in [0.15, 0.2) is 48.9 Å². The third-order valence-corrected chi connectivity index (χ3v) is 6.71. The molecule has 0 saturated carbocycles. The van der Waals surface area contributed by atoms with Crippen molar-refractivity contribution >= 4 is 39.9 Å². The number of aliphatic hydroxyl groups excluding tert-OH is 1. The molecule has 0 bridgehead atoms. The number of aromatic amines is 1. The smallest absolute Gasteiger partial charge is 0.128 e. The number of ether oxygens (including phenoxy) is 1. The van der Waals surface area contributed by atoms with E-state index >= 15 is 0 Å². The Kier molecular flexibility index (Phi) is 6.07. The average molecular weight is 499 g/mol. The molecule has 10 heteroatoms. The summed E-state index contributed by atoms with van der Waals surface area (Å²) < 4.78 is 6.15. The van der Waals surface area contributed by atoms with E-state index in [0.29, 0.717) is 40.9 Å². The molecule has 0 radical (unpaired) electrons. The van der Waals surface area contributed by atoms with E-state index in [1.54, 1.807) is 18.6 Å². The van der Waals surface area contributed by atoms with E-state index in [2.05, 4.69) is 25.1 Å². The molecule has 1 aromatic carbocycles. The zero-order valence-electron chi connectivity index (χ0n) is 18.5. The Morgan fingerprint density at radius 1 is 1.18 bits per heavy atom. The molecule has 4 heterocycles. The normalized spacial score (nSPS) is 15.9. The Morgan fingerprint density at radius 3 is 2.62 bits per heavy atom. The second kappa shape index (κ2) is 9.03. The van der Waals surface area contributed by atoms with Crippen LogP contribution in [-0.4, -0.2) is 50.5 Å². The quantitative estimate of drug-likeness (QED) is 0.346. The third kappa shape index (κ3) is 4.30. The molecule has 0 amide bonds. The molecule has 5 rings (SSSR count). The highest BCUT2D eigenvalue weighted by Crippen LogP contribution is 2.35. The molecule has 1 atom stereocenters. The minimum Gasteiger partial charge on any atom is -0.486 e. The monoisotopic (exact) mass is 498 g/mol. The highest BCUT2D eigenvalue weighted by molar-refractivity contribution is 6.35. The molecule has 1 aliphatic heterocycles. The standard InChI is InChI=1S/C24H24Cl2N6O2/c1-14(22-18(25)10-28-11-19(22)26)34-16-3-4-20-17(8-16)23(31-30-20)15-2-5-21(29-9-15)32-12-24(27,13-32)6-7-33/h2-5,8-11,14,33H,6-7,12-13,27H2,1H3,(H,30,31)/t14-/m1/s1. The maximum absolute atomic E-state index is 9.15. The summed E-state index contributed by atoms with van der Waals surface area (Å²) in [5.74, 6) is 1.52. The van der Waals surface area contributed by atoms with Gasteiger partial charge in [-0.15, -0.1) is 0 Å². The number of halogens is 2. The molecule has 1 saturated heterocycles. The van der Waals surface area contributed by atoms with Gasteiger partial charge in [0.25, 0.3) is 0 Å². The molecule has 176 valence electrons. The lowest BCUT2D eigenvalue weighted by Crippen LogP contribution is -2.68. The van der Waals surface area contributed by atoms with E-state index in [-0.39, 0.29) is 18.2 Å². The molecule has 0 spiro atoms. The second-order valence-electron chi connectivity index (χ2n) is 8.65. The van der Waals surface area contributed by atoms with Crippen LogP contribution in [0.2, 0.25) is 10.0 Å². The maximum Gasteiger partial charge on any atom is 0.128 e. The summed E-state index contributed by atoms with van der Waals surface area (Å²) in [5, 5.41) is 18.6. The Balaban J connectivity index is 1.36. The van der Waals surface area contributed by atoms with Crippen LogP contribution in [0.25, 0.3) is 22.2 Å². The Bertz CT molecular complexity index is 1300. The number of benzene rings is 1. The molecular weight excluding hydrogens is 475 g/mol. The van der Waals surface area contributed by atoms with Gasteiger partial charge in [0.2, 0.25) is 0 Å². The van der Waals surface area contributed by atoms with Crippen molar-refractivity contribution in [2.24, 2.45) is 5.73 Å². The van der Waals surface area contributed by atoms with E-state index in [1.165, 1.54) is 0 Å². The summed E-state index contributed by atoms with van der Waals surface area (Å²) in [4.78, 5) is 10.7. The summed E-state index contributed by atoms with van der Waals surface area (Å²) >= 11 is 12.6. The number of fused-ring (bicyclic) bond motifs is 1. The van der Waals surface area contributed by atoms with Crippen LogP contribution < -0.4 is 15.4 Å². The van der Waals surface area contributed by atoms with Crippen LogP contribution in [0.1, 0.15) is 25.0 Å². The first-order chi connectivity index (χ1) is 16.4. The van der Waals surface area contributed by atoms with Crippen LogP contribution in [0.3, 0.4) is 0 Å². The first-order valence-corrected chi connectivity index (χ1v) is 11.7. The SMILES string of the molecule is C[C@@H](Oc1ccc2[nH]nc(-c3ccc(N4CC(N)(CCO)C4)nc3)c2c1)c1c(Cl)cncc1Cl. The zero-order valence-corrected chi connectivity index (χ0v) is 20.0. The molecule has 1 aliphatic rings. The van der Waals surface area contributed by atoms with Crippen LogP contribution in [-0.2, 0) is 0 Å². The van der Waals surface area contributed by atoms with Crippen molar-refractivity contribution in [3.8, 4) is 17.0 Å². The van der Waals surface area contributed by atoms with Crippen molar-refractivity contribution in [2.75, 3.05) is 24.6 Å². The van der Waals surface area contributed by atoms with Gasteiger partial charge in [-0.2, -0.15) is 5.10 Å². The van der Waals surface area contributed by atoms with Gasteiger partial charge >= 0.3 is 0 Å². The molecule has 4 N–H and O–H groups in total. The van der Waals surface area contributed by atoms with Gasteiger partial charge < -0.3 is 20.5 Å². The molecule has 1 fully saturated rings. The van der Waals surface area contributed by atoms with Gasteiger partial charge in [0, 0.05) is 54.8 Å². The first kappa shape index (κ1) is 22.9. The van der Waals surface area contributed by atoms with Gasteiger partial charge in [0.15, 0.2) is 0 Å². The molecule has 0 aliphatic carbocycles. The van der Waals surface area contributed by atoms with Gasteiger partial charge in [0.05, 0.1) is 21.1 Å². The van der Waals surface area contributed by atoms with Crippen LogP contribution in [0.5, 0.6) is 5.75 Å². The van der Waals surface area contributed by atoms with Crippen molar-refractivity contribution < 1.29 is 9.84 Å². The van der Waals surface area contributed by atoms with E-state index in [4.69, 9.17) is 38.8 Å². The Morgan fingerprint density at radius 2 is 1.94 bits per heavy atom. The molecule has 4 aromatic rings. The highest BCUT2D eigenvalue weighted by Gasteiger charge is 2.39. The largest absolute Gasteiger partial charge is 0.486 e. The number of nitrogens with two attached hydrogens (primary N) is 1. The maximum atomic E-state index is 9.15. The lowest BCUT2D eigenvalue weighted by molar-refractivity contribution is 0.212. The lowest BCUT2D eigenvalue weighted by atomic mass is 9.88. The van der Waals surface area contributed by atoms with Gasteiger partial charge in [-0.1, -0.05) is 23.2 Å². The van der Waals surface area contributed by atoms with Gasteiger partial charge in [-0.05, 0) is 43.7 Å². The predicted octanol–water partition coefficient (Wildman–Crippen LogP) is 4.37. The van der Waals surface area contributed by atoms with Crippen molar-refractivity contribution in [2.45, 2.75) is 25.0 Å². The van der Waals surface area contributed by atoms with E-state index < -0.39 is 0 Å². The topological polar surface area (TPSA) is 113 Å². The predicted molar refractivity (Wildman–Crippen MR) is 133 cm³/mol. The van der Waals surface area contributed by atoms with E-state index in [9.17, 15) is 0 Å². The molecule has 0 unspecified atom stereocenters. The lowest BCUT2D eigenvalue weighted by Gasteiger charge is -2.48.